The molecule has 0 aliphatic heterocycles. The molecule has 0 spiro atoms. The van der Waals surface area contributed by atoms with Gasteiger partial charge in [-0.25, -0.2) is 0 Å². The topological polar surface area (TPSA) is 3.24 Å². The summed E-state index contributed by atoms with van der Waals surface area (Å²) >= 11 is 2.41. The summed E-state index contributed by atoms with van der Waals surface area (Å²) < 4.78 is 1.37. The molecule has 0 aliphatic carbocycles. The highest BCUT2D eigenvalue weighted by atomic mass is 127. The summed E-state index contributed by atoms with van der Waals surface area (Å²) in [4.78, 5) is 2.54. The van der Waals surface area contributed by atoms with E-state index < -0.39 is 0 Å². The van der Waals surface area contributed by atoms with Crippen molar-refractivity contribution in [2.75, 3.05) is 0 Å². The third kappa shape index (κ3) is 3.95. The number of hydrogen-bond acceptors (Lipinski definition) is 1. The quantitative estimate of drug-likeness (QED) is 0.725. The molecule has 0 radical (unpaired) electrons. The number of rotatable bonds is 4. The number of hydrogen-bond donors (Lipinski definition) is 0. The third-order valence-electron chi connectivity index (χ3n) is 3.30. The highest BCUT2D eigenvalue weighted by Crippen LogP contribution is 2.21. The molecule has 0 N–H and O–H groups in total. The normalized spacial score (nSPS) is 11.9. The van der Waals surface area contributed by atoms with E-state index in [0.717, 1.165) is 6.54 Å². The number of halogens is 1. The summed E-state index contributed by atoms with van der Waals surface area (Å²) in [6.45, 7) is 14.6. The minimum atomic E-state index is 0.592. The second kappa shape index (κ2) is 6.19. The van der Waals surface area contributed by atoms with Gasteiger partial charge in [0, 0.05) is 22.2 Å². The predicted molar refractivity (Wildman–Crippen MR) is 84.4 cm³/mol. The molecule has 17 heavy (non-hydrogen) atoms. The van der Waals surface area contributed by atoms with Crippen molar-refractivity contribution in [3.8, 4) is 0 Å². The van der Waals surface area contributed by atoms with Crippen molar-refractivity contribution in [2.24, 2.45) is 0 Å². The van der Waals surface area contributed by atoms with Gasteiger partial charge in [0.05, 0.1) is 0 Å². The van der Waals surface area contributed by atoms with Crippen LogP contribution in [0.3, 0.4) is 0 Å². The van der Waals surface area contributed by atoms with Crippen LogP contribution in [0.1, 0.15) is 44.4 Å². The van der Waals surface area contributed by atoms with E-state index >= 15 is 0 Å². The average molecular weight is 345 g/mol. The van der Waals surface area contributed by atoms with Crippen LogP contribution in [0.25, 0.3) is 0 Å². The predicted octanol–water partition coefficient (Wildman–Crippen LogP) is 4.53. The Hall–Kier alpha value is -0.0900. The molecule has 0 atom stereocenters. The largest absolute Gasteiger partial charge is 0.294 e. The van der Waals surface area contributed by atoms with Crippen molar-refractivity contribution < 1.29 is 0 Å². The van der Waals surface area contributed by atoms with Crippen LogP contribution in [0.15, 0.2) is 12.1 Å². The average Bonchev–Trinajstić information content (AvgIpc) is 2.20. The Bertz CT molecular complexity index is 375. The van der Waals surface area contributed by atoms with E-state index in [4.69, 9.17) is 0 Å². The zero-order valence-corrected chi connectivity index (χ0v) is 14.0. The van der Waals surface area contributed by atoms with Gasteiger partial charge < -0.3 is 0 Å². The van der Waals surface area contributed by atoms with Crippen LogP contribution in [0, 0.1) is 17.4 Å². The smallest absolute Gasteiger partial charge is 0.0241 e. The summed E-state index contributed by atoms with van der Waals surface area (Å²) in [5, 5.41) is 0. The van der Waals surface area contributed by atoms with Crippen molar-refractivity contribution in [3.63, 3.8) is 0 Å². The van der Waals surface area contributed by atoms with Gasteiger partial charge in [-0.1, -0.05) is 6.07 Å². The van der Waals surface area contributed by atoms with Crippen LogP contribution in [0.5, 0.6) is 0 Å². The van der Waals surface area contributed by atoms with E-state index in [1.54, 1.807) is 0 Å². The summed E-state index contributed by atoms with van der Waals surface area (Å²) in [5.41, 5.74) is 4.26. The maximum absolute atomic E-state index is 2.54. The van der Waals surface area contributed by atoms with Crippen molar-refractivity contribution >= 4 is 22.6 Å². The Kier molecular flexibility index (Phi) is 5.45. The summed E-state index contributed by atoms with van der Waals surface area (Å²) in [6, 6.07) is 5.82. The molecule has 0 saturated heterocycles. The van der Waals surface area contributed by atoms with Gasteiger partial charge in [-0.05, 0) is 86.9 Å². The Morgan fingerprint density at radius 2 is 1.53 bits per heavy atom. The Morgan fingerprint density at radius 1 is 1.00 bits per heavy atom. The molecular weight excluding hydrogens is 321 g/mol. The zero-order valence-electron chi connectivity index (χ0n) is 11.8. The molecule has 0 heterocycles. The minimum Gasteiger partial charge on any atom is -0.294 e. The van der Waals surface area contributed by atoms with Gasteiger partial charge in [-0.2, -0.15) is 0 Å². The highest BCUT2D eigenvalue weighted by molar-refractivity contribution is 14.1. The molecule has 1 nitrogen and oxygen atoms in total. The van der Waals surface area contributed by atoms with E-state index in [9.17, 15) is 0 Å². The van der Waals surface area contributed by atoms with Gasteiger partial charge in [-0.15, -0.1) is 0 Å². The van der Waals surface area contributed by atoms with E-state index in [1.165, 1.54) is 20.3 Å². The highest BCUT2D eigenvalue weighted by Gasteiger charge is 2.15. The van der Waals surface area contributed by atoms with Crippen molar-refractivity contribution in [3.05, 3.63) is 32.4 Å². The van der Waals surface area contributed by atoms with E-state index in [-0.39, 0.29) is 0 Å². The van der Waals surface area contributed by atoms with Crippen LogP contribution < -0.4 is 0 Å². The van der Waals surface area contributed by atoms with E-state index in [2.05, 4.69) is 81.2 Å². The second-order valence-electron chi connectivity index (χ2n) is 5.39. The molecular formula is C15H24IN. The lowest BCUT2D eigenvalue weighted by atomic mass is 10.0. The molecule has 0 fully saturated rings. The van der Waals surface area contributed by atoms with Gasteiger partial charge in [0.15, 0.2) is 0 Å². The molecule has 0 aliphatic rings. The van der Waals surface area contributed by atoms with Gasteiger partial charge in [0.1, 0.15) is 0 Å². The Balaban J connectivity index is 2.97. The van der Waals surface area contributed by atoms with Gasteiger partial charge in [0.2, 0.25) is 0 Å². The fourth-order valence-electron chi connectivity index (χ4n) is 2.17. The fraction of sp³-hybridized carbons (Fsp3) is 0.600. The summed E-state index contributed by atoms with van der Waals surface area (Å²) in [7, 11) is 0. The van der Waals surface area contributed by atoms with Crippen molar-refractivity contribution in [2.45, 2.75) is 60.2 Å². The van der Waals surface area contributed by atoms with Crippen LogP contribution in [-0.2, 0) is 6.54 Å². The summed E-state index contributed by atoms with van der Waals surface area (Å²) in [6.07, 6.45) is 0. The molecule has 1 rings (SSSR count). The van der Waals surface area contributed by atoms with Crippen LogP contribution in [-0.4, -0.2) is 17.0 Å². The van der Waals surface area contributed by atoms with E-state index in [0.29, 0.717) is 12.1 Å². The first-order valence-electron chi connectivity index (χ1n) is 6.34. The third-order valence-corrected chi connectivity index (χ3v) is 4.46. The lowest BCUT2D eigenvalue weighted by Gasteiger charge is -2.31. The molecule has 2 heteroatoms. The molecule has 0 aromatic heterocycles. The maximum atomic E-state index is 2.54. The maximum Gasteiger partial charge on any atom is 0.0241 e. The van der Waals surface area contributed by atoms with Gasteiger partial charge in [0.25, 0.3) is 0 Å². The Morgan fingerprint density at radius 3 is 2.00 bits per heavy atom. The fourth-order valence-corrected chi connectivity index (χ4v) is 2.79. The molecule has 1 aromatic carbocycles. The molecule has 0 unspecified atom stereocenters. The molecule has 0 saturated carbocycles. The van der Waals surface area contributed by atoms with Gasteiger partial charge in [-0.3, -0.25) is 4.90 Å². The first-order valence-corrected chi connectivity index (χ1v) is 7.42. The molecule has 96 valence electrons. The van der Waals surface area contributed by atoms with E-state index in [1.807, 2.05) is 0 Å². The zero-order chi connectivity index (χ0) is 13.2. The lowest BCUT2D eigenvalue weighted by Crippen LogP contribution is -2.36. The lowest BCUT2D eigenvalue weighted by molar-refractivity contribution is 0.165. The second-order valence-corrected chi connectivity index (χ2v) is 6.55. The van der Waals surface area contributed by atoms with Gasteiger partial charge >= 0.3 is 0 Å². The van der Waals surface area contributed by atoms with Crippen molar-refractivity contribution in [1.82, 2.24) is 4.90 Å². The monoisotopic (exact) mass is 345 g/mol. The number of benzene rings is 1. The first kappa shape index (κ1) is 15.0. The minimum absolute atomic E-state index is 0.592. The standard InChI is InChI=1S/C15H24IN/c1-10(2)17(11(3)4)9-14-7-13(6)15(16)8-12(14)5/h7-8,10-11H,9H2,1-6H3. The first-order chi connectivity index (χ1) is 7.82. The summed E-state index contributed by atoms with van der Waals surface area (Å²) in [5.74, 6) is 0. The molecule has 0 amide bonds. The van der Waals surface area contributed by atoms with Crippen LogP contribution in [0.2, 0.25) is 0 Å². The van der Waals surface area contributed by atoms with Crippen molar-refractivity contribution in [1.29, 1.82) is 0 Å². The molecule has 0 bridgehead atoms. The number of nitrogens with zero attached hydrogens (tertiary/aromatic N) is 1. The SMILES string of the molecule is Cc1cc(CN(C(C)C)C(C)C)c(C)cc1I. The van der Waals surface area contributed by atoms with Crippen LogP contribution >= 0.6 is 22.6 Å². The van der Waals surface area contributed by atoms with Crippen LogP contribution in [0.4, 0.5) is 0 Å². The Labute approximate surface area is 120 Å². The number of aryl methyl sites for hydroxylation is 2. The molecule has 1 aromatic rings.